The van der Waals surface area contributed by atoms with Crippen LogP contribution in [0.2, 0.25) is 5.02 Å². The van der Waals surface area contributed by atoms with Crippen LogP contribution >= 0.6 is 11.6 Å². The summed E-state index contributed by atoms with van der Waals surface area (Å²) in [6.07, 6.45) is -6.98. The number of rotatable bonds is 4. The molecule has 1 aliphatic rings. The number of benzene rings is 1. The van der Waals surface area contributed by atoms with Gasteiger partial charge in [0.2, 0.25) is 0 Å². The van der Waals surface area contributed by atoms with E-state index in [1.807, 2.05) is 4.90 Å². The third-order valence-corrected chi connectivity index (χ3v) is 4.35. The average Bonchev–Trinajstić information content (AvgIpc) is 2.47. The van der Waals surface area contributed by atoms with Crippen LogP contribution < -0.4 is 0 Å². The van der Waals surface area contributed by atoms with E-state index in [1.165, 1.54) is 0 Å². The summed E-state index contributed by atoms with van der Waals surface area (Å²) in [4.78, 5) is 1.92. The van der Waals surface area contributed by atoms with E-state index in [4.69, 9.17) is 11.6 Å². The number of hydrogen-bond donors (Lipinski definition) is 2. The van der Waals surface area contributed by atoms with Crippen LogP contribution in [0, 0.1) is 5.92 Å². The van der Waals surface area contributed by atoms with Gasteiger partial charge in [-0.25, -0.2) is 0 Å². The van der Waals surface area contributed by atoms with Crippen LogP contribution in [0.3, 0.4) is 0 Å². The predicted octanol–water partition coefficient (Wildman–Crippen LogP) is 3.01. The van der Waals surface area contributed by atoms with Crippen molar-refractivity contribution in [1.29, 1.82) is 0 Å². The number of aliphatic hydroxyl groups is 2. The molecule has 124 valence electrons. The van der Waals surface area contributed by atoms with E-state index < -0.39 is 24.3 Å². The van der Waals surface area contributed by atoms with Crippen LogP contribution in [-0.2, 0) is 0 Å². The molecule has 1 heterocycles. The van der Waals surface area contributed by atoms with E-state index in [2.05, 4.69) is 0 Å². The maximum absolute atomic E-state index is 12.5. The average molecular weight is 338 g/mol. The number of alkyl halides is 3. The first kappa shape index (κ1) is 17.5. The highest BCUT2D eigenvalue weighted by atomic mass is 35.5. The van der Waals surface area contributed by atoms with Crippen LogP contribution in [0.4, 0.5) is 13.2 Å². The Kier molecular flexibility index (Phi) is 5.71. The van der Waals surface area contributed by atoms with Gasteiger partial charge in [0, 0.05) is 11.6 Å². The van der Waals surface area contributed by atoms with E-state index in [0.29, 0.717) is 24.7 Å². The highest BCUT2D eigenvalue weighted by Gasteiger charge is 2.44. The summed E-state index contributed by atoms with van der Waals surface area (Å²) in [6.45, 7) is 1.22. The molecule has 2 atom stereocenters. The minimum Gasteiger partial charge on any atom is -0.387 e. The van der Waals surface area contributed by atoms with Crippen molar-refractivity contribution >= 4 is 11.6 Å². The van der Waals surface area contributed by atoms with E-state index >= 15 is 0 Å². The molecule has 1 aromatic carbocycles. The summed E-state index contributed by atoms with van der Waals surface area (Å²) in [5, 5.41) is 20.0. The van der Waals surface area contributed by atoms with Crippen LogP contribution in [-0.4, -0.2) is 47.0 Å². The fourth-order valence-corrected chi connectivity index (χ4v) is 2.88. The number of halogens is 4. The van der Waals surface area contributed by atoms with Crippen LogP contribution in [0.15, 0.2) is 24.3 Å². The van der Waals surface area contributed by atoms with Gasteiger partial charge in [-0.1, -0.05) is 23.7 Å². The fourth-order valence-electron chi connectivity index (χ4n) is 2.75. The van der Waals surface area contributed by atoms with Gasteiger partial charge in [0.1, 0.15) is 0 Å². The monoisotopic (exact) mass is 337 g/mol. The zero-order valence-corrected chi connectivity index (χ0v) is 12.7. The molecule has 1 aromatic rings. The molecule has 1 saturated heterocycles. The number of hydrogen-bond acceptors (Lipinski definition) is 3. The van der Waals surface area contributed by atoms with E-state index in [0.717, 1.165) is 5.56 Å². The smallest absolute Gasteiger partial charge is 0.387 e. The van der Waals surface area contributed by atoms with Crippen molar-refractivity contribution in [3.8, 4) is 0 Å². The van der Waals surface area contributed by atoms with Crippen LogP contribution in [0.1, 0.15) is 24.5 Å². The Balaban J connectivity index is 1.83. The molecule has 0 aromatic heterocycles. The second-order valence-corrected chi connectivity index (χ2v) is 6.13. The standard InChI is InChI=1S/C15H19ClF3NO2/c16-12-3-1-10(2-4-12)13(21)9-20-7-5-11(6-8-20)14(22)15(17,18)19/h1-4,11,13-14,21-22H,5-9H2. The van der Waals surface area contributed by atoms with Crippen molar-refractivity contribution in [3.05, 3.63) is 34.9 Å². The highest BCUT2D eigenvalue weighted by molar-refractivity contribution is 6.30. The molecule has 7 heteroatoms. The first-order valence-electron chi connectivity index (χ1n) is 7.18. The molecular formula is C15H19ClF3NO2. The van der Waals surface area contributed by atoms with Gasteiger partial charge < -0.3 is 15.1 Å². The summed E-state index contributed by atoms with van der Waals surface area (Å²) in [7, 11) is 0. The van der Waals surface area contributed by atoms with Gasteiger partial charge in [-0.2, -0.15) is 13.2 Å². The zero-order chi connectivity index (χ0) is 16.3. The van der Waals surface area contributed by atoms with Gasteiger partial charge in [0.25, 0.3) is 0 Å². The predicted molar refractivity (Wildman–Crippen MR) is 77.6 cm³/mol. The van der Waals surface area contributed by atoms with Crippen molar-refractivity contribution in [1.82, 2.24) is 4.90 Å². The first-order valence-corrected chi connectivity index (χ1v) is 7.56. The maximum atomic E-state index is 12.5. The number of aliphatic hydroxyl groups excluding tert-OH is 2. The number of likely N-dealkylation sites (tertiary alicyclic amines) is 1. The lowest BCUT2D eigenvalue weighted by molar-refractivity contribution is -0.223. The van der Waals surface area contributed by atoms with E-state index in [-0.39, 0.29) is 12.8 Å². The molecule has 1 fully saturated rings. The van der Waals surface area contributed by atoms with Crippen molar-refractivity contribution in [2.24, 2.45) is 5.92 Å². The normalized spacial score (nSPS) is 20.8. The van der Waals surface area contributed by atoms with Gasteiger partial charge in [-0.15, -0.1) is 0 Å². The van der Waals surface area contributed by atoms with Crippen molar-refractivity contribution in [2.75, 3.05) is 19.6 Å². The molecule has 0 spiro atoms. The molecule has 0 saturated carbocycles. The molecule has 2 N–H and O–H groups in total. The topological polar surface area (TPSA) is 43.7 Å². The third kappa shape index (κ3) is 4.59. The molecule has 0 amide bonds. The Hall–Kier alpha value is -0.820. The first-order chi connectivity index (χ1) is 10.3. The maximum Gasteiger partial charge on any atom is 0.414 e. The van der Waals surface area contributed by atoms with E-state index in [1.54, 1.807) is 24.3 Å². The SMILES string of the molecule is OC(CN1CCC(C(O)C(F)(F)F)CC1)c1ccc(Cl)cc1. The van der Waals surface area contributed by atoms with Gasteiger partial charge >= 0.3 is 6.18 Å². The largest absolute Gasteiger partial charge is 0.414 e. The molecule has 2 rings (SSSR count). The van der Waals surface area contributed by atoms with Crippen molar-refractivity contribution in [2.45, 2.75) is 31.2 Å². The lowest BCUT2D eigenvalue weighted by Crippen LogP contribution is -2.44. The Morgan fingerprint density at radius 1 is 1.14 bits per heavy atom. The summed E-state index contributed by atoms with van der Waals surface area (Å²) >= 11 is 5.78. The summed E-state index contributed by atoms with van der Waals surface area (Å²) in [5.41, 5.74) is 0.724. The Morgan fingerprint density at radius 3 is 2.18 bits per heavy atom. The van der Waals surface area contributed by atoms with Crippen molar-refractivity contribution in [3.63, 3.8) is 0 Å². The molecule has 0 radical (unpaired) electrons. The minimum atomic E-state index is -4.56. The lowest BCUT2D eigenvalue weighted by Gasteiger charge is -2.35. The molecule has 0 bridgehead atoms. The minimum absolute atomic E-state index is 0.272. The summed E-state index contributed by atoms with van der Waals surface area (Å²) in [6, 6.07) is 6.83. The summed E-state index contributed by atoms with van der Waals surface area (Å²) in [5.74, 6) is -0.760. The highest BCUT2D eigenvalue weighted by Crippen LogP contribution is 2.32. The number of piperidine rings is 1. The fraction of sp³-hybridized carbons (Fsp3) is 0.600. The molecule has 3 nitrogen and oxygen atoms in total. The van der Waals surface area contributed by atoms with Crippen molar-refractivity contribution < 1.29 is 23.4 Å². The number of nitrogens with zero attached hydrogens (tertiary/aromatic N) is 1. The van der Waals surface area contributed by atoms with Gasteiger partial charge in [-0.3, -0.25) is 0 Å². The molecule has 2 unspecified atom stereocenters. The lowest BCUT2D eigenvalue weighted by atomic mass is 9.90. The van der Waals surface area contributed by atoms with Gasteiger partial charge in [0.15, 0.2) is 6.10 Å². The van der Waals surface area contributed by atoms with Crippen LogP contribution in [0.25, 0.3) is 0 Å². The summed E-state index contributed by atoms with van der Waals surface area (Å²) < 4.78 is 37.4. The quantitative estimate of drug-likeness (QED) is 0.887. The molecule has 22 heavy (non-hydrogen) atoms. The van der Waals surface area contributed by atoms with E-state index in [9.17, 15) is 23.4 Å². The van der Waals surface area contributed by atoms with Gasteiger partial charge in [0.05, 0.1) is 6.10 Å². The Labute approximate surface area is 132 Å². The second-order valence-electron chi connectivity index (χ2n) is 5.69. The number of β-amino-alcohol motifs (C(OH)–C–C–N with tert-alkyl or cyclic N) is 1. The van der Waals surface area contributed by atoms with Gasteiger partial charge in [-0.05, 0) is 49.5 Å². The van der Waals surface area contributed by atoms with Crippen LogP contribution in [0.5, 0.6) is 0 Å². The second kappa shape index (κ2) is 7.17. The Bertz CT molecular complexity index is 473. The zero-order valence-electron chi connectivity index (χ0n) is 11.9. The third-order valence-electron chi connectivity index (χ3n) is 4.10. The Morgan fingerprint density at radius 2 is 1.68 bits per heavy atom. The molecule has 1 aliphatic heterocycles. The molecule has 0 aliphatic carbocycles. The molecular weight excluding hydrogens is 319 g/mol.